The van der Waals surface area contributed by atoms with Crippen LogP contribution in [-0.2, 0) is 0 Å². The monoisotopic (exact) mass is 97.0 g/mol. The van der Waals surface area contributed by atoms with Crippen molar-refractivity contribution in [1.29, 1.82) is 0 Å². The fourth-order valence-corrected chi connectivity index (χ4v) is 0. The zero-order valence-electron chi connectivity index (χ0n) is 2.97. The molecule has 0 unspecified atom stereocenters. The van der Waals surface area contributed by atoms with Crippen molar-refractivity contribution in [2.45, 2.75) is 0 Å². The molecular weight excluding hydrogens is 89.0 g/mol. The molecule has 0 atom stereocenters. The molecule has 0 rings (SSSR count). The topological polar surface area (TPSA) is 66.5 Å². The molecule has 0 aliphatic heterocycles. The summed E-state index contributed by atoms with van der Waals surface area (Å²) in [5.41, 5.74) is 4.60. The molecule has 3 nitrogen and oxygen atoms in total. The first kappa shape index (κ1) is 5.31. The van der Waals surface area contributed by atoms with E-state index < -0.39 is 7.87 Å². The first-order valence-electron chi connectivity index (χ1n) is 1.24. The Balaban J connectivity index is 3.02. The quantitative estimate of drug-likeness (QED) is 0.341. The van der Waals surface area contributed by atoms with E-state index in [1.165, 1.54) is 6.66 Å². The van der Waals surface area contributed by atoms with Crippen molar-refractivity contribution >= 4 is 7.87 Å². The van der Waals surface area contributed by atoms with Crippen LogP contribution in [0.25, 0.3) is 0 Å². The third-order valence-corrected chi connectivity index (χ3v) is 0. The maximum absolute atomic E-state index is 7.99. The van der Waals surface area contributed by atoms with Gasteiger partial charge >= 0.3 is 29.8 Å². The van der Waals surface area contributed by atoms with Gasteiger partial charge < -0.3 is 0 Å². The van der Waals surface area contributed by atoms with Crippen molar-refractivity contribution in [3.05, 3.63) is 0 Å². The third kappa shape index (κ3) is 239. The second kappa shape index (κ2) is 1.19. The molecule has 34 valence electrons. The average Bonchev–Trinajstić information content (AvgIpc) is 0.722. The van der Waals surface area contributed by atoms with E-state index in [0.29, 0.717) is 0 Å². The van der Waals surface area contributed by atoms with Crippen LogP contribution in [0.1, 0.15) is 0 Å². The number of rotatable bonds is 0. The van der Waals surface area contributed by atoms with Crippen LogP contribution in [0.2, 0.25) is 0 Å². The summed E-state index contributed by atoms with van der Waals surface area (Å²) in [7, 11) is -3.11. The molecule has 5 heavy (non-hydrogen) atoms. The number of hydrogen-bond acceptors (Lipinski definition) is 3. The van der Waals surface area contributed by atoms with Crippen LogP contribution in [0, 0.1) is 0 Å². The number of hydrogen-bond donors (Lipinski definition) is 3. The van der Waals surface area contributed by atoms with Crippen molar-refractivity contribution in [2.75, 3.05) is 6.66 Å². The Morgan fingerprint density at radius 2 is 1.60 bits per heavy atom. The molecule has 0 fully saturated rings. The molecule has 4 heteroatoms. The summed E-state index contributed by atoms with van der Waals surface area (Å²) in [4.78, 5) is 16.0. The van der Waals surface area contributed by atoms with E-state index in [-0.39, 0.29) is 0 Å². The summed E-state index contributed by atoms with van der Waals surface area (Å²) < 4.78 is 0. The molecule has 0 aromatic heterocycles. The van der Waals surface area contributed by atoms with Crippen molar-refractivity contribution in [1.82, 2.24) is 0 Å². The van der Waals surface area contributed by atoms with Crippen LogP contribution in [0.4, 0.5) is 0 Å². The molecule has 0 bridgehead atoms. The van der Waals surface area contributed by atoms with Crippen molar-refractivity contribution < 1.29 is 9.79 Å². The van der Waals surface area contributed by atoms with Crippen molar-refractivity contribution in [3.8, 4) is 0 Å². The first-order valence-corrected chi connectivity index (χ1v) is 3.71. The molecule has 0 heterocycles. The Morgan fingerprint density at radius 1 is 1.60 bits per heavy atom. The Morgan fingerprint density at radius 3 is 1.60 bits per heavy atom. The van der Waals surface area contributed by atoms with Crippen molar-refractivity contribution in [2.24, 2.45) is 5.50 Å². The Hall–Kier alpha value is 0.310. The maximum atomic E-state index is 7.99. The summed E-state index contributed by atoms with van der Waals surface area (Å²) >= 11 is 0. The van der Waals surface area contributed by atoms with Gasteiger partial charge in [-0.2, -0.15) is 0 Å². The molecule has 0 aromatic rings. The minimum absolute atomic E-state index is 1.22. The molecule has 0 aromatic carbocycles. The van der Waals surface area contributed by atoms with Crippen LogP contribution < -0.4 is 5.50 Å². The summed E-state index contributed by atoms with van der Waals surface area (Å²) in [5, 5.41) is 0. The van der Waals surface area contributed by atoms with E-state index in [0.717, 1.165) is 0 Å². The second-order valence-electron chi connectivity index (χ2n) is 1.09. The van der Waals surface area contributed by atoms with E-state index >= 15 is 0 Å². The van der Waals surface area contributed by atoms with Crippen molar-refractivity contribution in [3.63, 3.8) is 0 Å². The summed E-state index contributed by atoms with van der Waals surface area (Å²) in [6.07, 6.45) is 0. The average molecular weight is 97.1 g/mol. The molecule has 0 aliphatic carbocycles. The predicted molar refractivity (Wildman–Crippen MR) is 22.9 cm³/mol. The van der Waals surface area contributed by atoms with E-state index in [1.54, 1.807) is 0 Å². The van der Waals surface area contributed by atoms with Gasteiger partial charge in [0.25, 0.3) is 0 Å². The predicted octanol–water partition coefficient (Wildman–Crippen LogP) is -0.946. The van der Waals surface area contributed by atoms with E-state index in [4.69, 9.17) is 9.79 Å². The molecule has 0 saturated carbocycles. The van der Waals surface area contributed by atoms with Gasteiger partial charge in [-0.25, -0.2) is 0 Å². The van der Waals surface area contributed by atoms with Gasteiger partial charge in [0, 0.05) is 0 Å². The molecule has 0 saturated heterocycles. The summed E-state index contributed by atoms with van der Waals surface area (Å²) in [5.74, 6) is 0. The molecule has 0 amide bonds. The SMILES string of the molecule is C[PH](N)(O)O. The normalized spacial score (nSPS) is 15.2. The molecule has 0 aliphatic rings. The molecular formula is CH8NO2P. The molecule has 0 radical (unpaired) electrons. The van der Waals surface area contributed by atoms with Gasteiger partial charge in [-0.1, -0.05) is 0 Å². The summed E-state index contributed by atoms with van der Waals surface area (Å²) in [6, 6.07) is 0. The van der Waals surface area contributed by atoms with E-state index in [1.807, 2.05) is 0 Å². The Labute approximate surface area is 31.0 Å². The van der Waals surface area contributed by atoms with Gasteiger partial charge in [0.1, 0.15) is 0 Å². The van der Waals surface area contributed by atoms with Gasteiger partial charge in [0.05, 0.1) is 0 Å². The molecule has 4 N–H and O–H groups in total. The third-order valence-electron chi connectivity index (χ3n) is 0. The van der Waals surface area contributed by atoms with Gasteiger partial charge in [-0.15, -0.1) is 0 Å². The first-order chi connectivity index (χ1) is 2.00. The zero-order valence-corrected chi connectivity index (χ0v) is 3.97. The zero-order chi connectivity index (χ0) is 4.50. The Bertz CT molecular complexity index is 25.1. The van der Waals surface area contributed by atoms with E-state index in [9.17, 15) is 0 Å². The van der Waals surface area contributed by atoms with Crippen LogP contribution in [0.5, 0.6) is 0 Å². The van der Waals surface area contributed by atoms with Crippen LogP contribution in [-0.4, -0.2) is 16.5 Å². The van der Waals surface area contributed by atoms with E-state index in [2.05, 4.69) is 5.50 Å². The standard InChI is InChI=1S/CH8NO2P/c1-5(2,3)4/h3-5H,2H2,1H3. The fraction of sp³-hybridized carbons (Fsp3) is 1.00. The van der Waals surface area contributed by atoms with Crippen LogP contribution in [0.15, 0.2) is 0 Å². The van der Waals surface area contributed by atoms with Gasteiger partial charge in [-0.3, -0.25) is 0 Å². The van der Waals surface area contributed by atoms with Crippen LogP contribution >= 0.6 is 7.87 Å². The molecule has 0 spiro atoms. The van der Waals surface area contributed by atoms with Gasteiger partial charge in [0.2, 0.25) is 0 Å². The van der Waals surface area contributed by atoms with Gasteiger partial charge in [-0.05, 0) is 0 Å². The second-order valence-corrected chi connectivity index (χ2v) is 3.28. The van der Waals surface area contributed by atoms with Gasteiger partial charge in [0.15, 0.2) is 0 Å². The number of nitrogens with two attached hydrogens (primary N) is 1. The van der Waals surface area contributed by atoms with Crippen LogP contribution in [0.3, 0.4) is 0 Å². The minimum atomic E-state index is -3.11. The summed E-state index contributed by atoms with van der Waals surface area (Å²) in [6.45, 7) is 1.22. The Kier molecular flexibility index (Phi) is 1.26. The fourth-order valence-electron chi connectivity index (χ4n) is 0.